The van der Waals surface area contributed by atoms with E-state index in [1.54, 1.807) is 11.8 Å². The van der Waals surface area contributed by atoms with Gasteiger partial charge in [0, 0.05) is 22.7 Å². The standard InChI is InChI=1S/C14H20N2S3/c1-18-12-4-2-3-11(13(12)14(15)17)16-9-10-5-7-19-8-6-10/h2-4,10,16H,5-9H2,1H3,(H2,15,17). The molecule has 0 aromatic heterocycles. The summed E-state index contributed by atoms with van der Waals surface area (Å²) in [6.45, 7) is 1.02. The van der Waals surface area contributed by atoms with E-state index in [0.717, 1.165) is 28.6 Å². The second-order valence-electron chi connectivity index (χ2n) is 4.68. The number of hydrogen-bond acceptors (Lipinski definition) is 4. The molecule has 0 bridgehead atoms. The summed E-state index contributed by atoms with van der Waals surface area (Å²) in [5.41, 5.74) is 7.95. The number of nitrogens with two attached hydrogens (primary N) is 1. The van der Waals surface area contributed by atoms with Crippen molar-refractivity contribution in [2.45, 2.75) is 17.7 Å². The highest BCUT2D eigenvalue weighted by atomic mass is 32.2. The first-order valence-electron chi connectivity index (χ1n) is 6.50. The number of benzene rings is 1. The quantitative estimate of drug-likeness (QED) is 0.642. The number of anilines is 1. The van der Waals surface area contributed by atoms with Crippen LogP contribution in [0.4, 0.5) is 5.69 Å². The number of rotatable bonds is 5. The van der Waals surface area contributed by atoms with Crippen LogP contribution in [0.2, 0.25) is 0 Å². The zero-order chi connectivity index (χ0) is 13.7. The lowest BCUT2D eigenvalue weighted by Gasteiger charge is -2.23. The first kappa shape index (κ1) is 15.0. The number of thiocarbonyl (C=S) groups is 1. The maximum absolute atomic E-state index is 5.87. The van der Waals surface area contributed by atoms with Crippen LogP contribution < -0.4 is 11.1 Å². The van der Waals surface area contributed by atoms with Crippen molar-refractivity contribution in [3.05, 3.63) is 23.8 Å². The van der Waals surface area contributed by atoms with Crippen molar-refractivity contribution in [3.63, 3.8) is 0 Å². The van der Waals surface area contributed by atoms with Crippen LogP contribution in [0.25, 0.3) is 0 Å². The van der Waals surface area contributed by atoms with E-state index >= 15 is 0 Å². The van der Waals surface area contributed by atoms with Gasteiger partial charge in [-0.15, -0.1) is 11.8 Å². The molecule has 0 unspecified atom stereocenters. The highest BCUT2D eigenvalue weighted by Crippen LogP contribution is 2.28. The molecule has 19 heavy (non-hydrogen) atoms. The molecule has 1 fully saturated rings. The van der Waals surface area contributed by atoms with E-state index in [4.69, 9.17) is 18.0 Å². The third-order valence-corrected chi connectivity index (χ3v) is 5.45. The smallest absolute Gasteiger partial charge is 0.107 e. The van der Waals surface area contributed by atoms with E-state index in [2.05, 4.69) is 41.5 Å². The van der Waals surface area contributed by atoms with Gasteiger partial charge in [-0.2, -0.15) is 11.8 Å². The zero-order valence-corrected chi connectivity index (χ0v) is 13.6. The third kappa shape index (κ3) is 4.04. The van der Waals surface area contributed by atoms with Crippen molar-refractivity contribution in [1.82, 2.24) is 0 Å². The van der Waals surface area contributed by atoms with E-state index in [0.29, 0.717) is 4.99 Å². The highest BCUT2D eigenvalue weighted by Gasteiger charge is 2.15. The van der Waals surface area contributed by atoms with E-state index in [-0.39, 0.29) is 0 Å². The maximum Gasteiger partial charge on any atom is 0.107 e. The minimum absolute atomic E-state index is 0.478. The number of hydrogen-bond donors (Lipinski definition) is 2. The van der Waals surface area contributed by atoms with Gasteiger partial charge in [0.2, 0.25) is 0 Å². The Hall–Kier alpha value is -0.390. The van der Waals surface area contributed by atoms with Gasteiger partial charge in [-0.25, -0.2) is 0 Å². The monoisotopic (exact) mass is 312 g/mol. The molecule has 1 aromatic carbocycles. The van der Waals surface area contributed by atoms with Crippen molar-refractivity contribution in [1.29, 1.82) is 0 Å². The largest absolute Gasteiger partial charge is 0.389 e. The predicted octanol–water partition coefficient (Wildman–Crippen LogP) is 3.60. The van der Waals surface area contributed by atoms with E-state index in [9.17, 15) is 0 Å². The van der Waals surface area contributed by atoms with Crippen LogP contribution in [-0.2, 0) is 0 Å². The molecule has 1 aromatic rings. The Morgan fingerprint density at radius 2 is 2.21 bits per heavy atom. The average Bonchev–Trinajstić information content (AvgIpc) is 2.45. The number of nitrogens with one attached hydrogen (secondary N) is 1. The number of thioether (sulfide) groups is 2. The lowest BCUT2D eigenvalue weighted by Crippen LogP contribution is -2.21. The van der Waals surface area contributed by atoms with Crippen LogP contribution >= 0.6 is 35.7 Å². The maximum atomic E-state index is 5.87. The Labute approximate surface area is 129 Å². The molecule has 0 radical (unpaired) electrons. The zero-order valence-electron chi connectivity index (χ0n) is 11.1. The fourth-order valence-electron chi connectivity index (χ4n) is 2.31. The first-order chi connectivity index (χ1) is 9.22. The fraction of sp³-hybridized carbons (Fsp3) is 0.500. The van der Waals surface area contributed by atoms with Crippen molar-refractivity contribution >= 4 is 46.4 Å². The van der Waals surface area contributed by atoms with Gasteiger partial charge in [0.05, 0.1) is 0 Å². The van der Waals surface area contributed by atoms with Gasteiger partial charge in [-0.3, -0.25) is 0 Å². The van der Waals surface area contributed by atoms with E-state index in [1.165, 1.54) is 24.3 Å². The second kappa shape index (κ2) is 7.41. The van der Waals surface area contributed by atoms with Gasteiger partial charge in [-0.1, -0.05) is 18.3 Å². The Balaban J connectivity index is 2.08. The summed E-state index contributed by atoms with van der Waals surface area (Å²) in [6, 6.07) is 6.21. The molecular weight excluding hydrogens is 292 g/mol. The van der Waals surface area contributed by atoms with Gasteiger partial charge in [0.1, 0.15) is 4.99 Å². The van der Waals surface area contributed by atoms with Crippen LogP contribution in [0.5, 0.6) is 0 Å². The van der Waals surface area contributed by atoms with Gasteiger partial charge in [-0.05, 0) is 48.7 Å². The molecule has 3 N–H and O–H groups in total. The molecule has 0 saturated carbocycles. The summed E-state index contributed by atoms with van der Waals surface area (Å²) in [4.78, 5) is 1.63. The normalized spacial score (nSPS) is 16.3. The summed E-state index contributed by atoms with van der Waals surface area (Å²) in [5, 5.41) is 3.55. The SMILES string of the molecule is CSc1cccc(NCC2CCSCC2)c1C(N)=S. The van der Waals surface area contributed by atoms with Crippen LogP contribution in [0.15, 0.2) is 23.1 Å². The molecule has 1 heterocycles. The van der Waals surface area contributed by atoms with Crippen molar-refractivity contribution in [2.24, 2.45) is 11.7 Å². The molecule has 0 spiro atoms. The van der Waals surface area contributed by atoms with Crippen LogP contribution in [-0.4, -0.2) is 29.3 Å². The second-order valence-corrected chi connectivity index (χ2v) is 7.20. The molecule has 2 nitrogen and oxygen atoms in total. The summed E-state index contributed by atoms with van der Waals surface area (Å²) in [5.74, 6) is 3.36. The molecule has 1 aliphatic rings. The minimum Gasteiger partial charge on any atom is -0.389 e. The lowest BCUT2D eigenvalue weighted by atomic mass is 10.0. The molecule has 5 heteroatoms. The van der Waals surface area contributed by atoms with Gasteiger partial charge >= 0.3 is 0 Å². The molecule has 104 valence electrons. The van der Waals surface area contributed by atoms with Crippen molar-refractivity contribution in [3.8, 4) is 0 Å². The highest BCUT2D eigenvalue weighted by molar-refractivity contribution is 7.99. The van der Waals surface area contributed by atoms with Crippen LogP contribution in [0.1, 0.15) is 18.4 Å². The van der Waals surface area contributed by atoms with E-state index in [1.807, 2.05) is 0 Å². The molecule has 2 rings (SSSR count). The molecular formula is C14H20N2S3. The van der Waals surface area contributed by atoms with Crippen LogP contribution in [0.3, 0.4) is 0 Å². The first-order valence-corrected chi connectivity index (χ1v) is 9.29. The Bertz CT molecular complexity index is 442. The van der Waals surface area contributed by atoms with Crippen molar-refractivity contribution < 1.29 is 0 Å². The Morgan fingerprint density at radius 1 is 1.47 bits per heavy atom. The van der Waals surface area contributed by atoms with Crippen molar-refractivity contribution in [2.75, 3.05) is 29.6 Å². The van der Waals surface area contributed by atoms with Crippen LogP contribution in [0, 0.1) is 5.92 Å². The predicted molar refractivity (Wildman–Crippen MR) is 92.6 cm³/mol. The fourth-order valence-corrected chi connectivity index (χ4v) is 4.43. The minimum atomic E-state index is 0.478. The lowest BCUT2D eigenvalue weighted by molar-refractivity contribution is 0.516. The van der Waals surface area contributed by atoms with Gasteiger partial charge in [0.15, 0.2) is 0 Å². The summed E-state index contributed by atoms with van der Waals surface area (Å²) in [6.07, 6.45) is 4.67. The average molecular weight is 313 g/mol. The van der Waals surface area contributed by atoms with E-state index < -0.39 is 0 Å². The van der Waals surface area contributed by atoms with Gasteiger partial charge in [0.25, 0.3) is 0 Å². The summed E-state index contributed by atoms with van der Waals surface area (Å²) >= 11 is 8.95. The molecule has 0 amide bonds. The molecule has 1 aliphatic heterocycles. The molecule has 1 saturated heterocycles. The Kier molecular flexibility index (Phi) is 5.85. The Morgan fingerprint density at radius 3 is 2.84 bits per heavy atom. The molecule has 0 aliphatic carbocycles. The topological polar surface area (TPSA) is 38.0 Å². The third-order valence-electron chi connectivity index (χ3n) is 3.41. The molecule has 0 atom stereocenters. The van der Waals surface area contributed by atoms with Gasteiger partial charge < -0.3 is 11.1 Å². The summed E-state index contributed by atoms with van der Waals surface area (Å²) in [7, 11) is 0. The summed E-state index contributed by atoms with van der Waals surface area (Å²) < 4.78 is 0.